The number of hydrogen-bond donors (Lipinski definition) is 0. The predicted octanol–water partition coefficient (Wildman–Crippen LogP) is -0.304. The first-order valence-corrected chi connectivity index (χ1v) is 5.14. The zero-order chi connectivity index (χ0) is 14.3. The maximum Gasteiger partial charge on any atom is 0.357 e. The second-order valence-corrected chi connectivity index (χ2v) is 3.74. The largest absolute Gasteiger partial charge is 0.466 e. The van der Waals surface area contributed by atoms with Crippen LogP contribution in [0.5, 0.6) is 0 Å². The Morgan fingerprint density at radius 1 is 1.00 bits per heavy atom. The van der Waals surface area contributed by atoms with E-state index in [-0.39, 0.29) is 5.70 Å². The van der Waals surface area contributed by atoms with Gasteiger partial charge in [0.25, 0.3) is 0 Å². The first-order chi connectivity index (χ1) is 8.33. The Bertz CT molecular complexity index is 362. The minimum Gasteiger partial charge on any atom is -0.466 e. The molecule has 7 heteroatoms. The molecule has 0 heterocycles. The average molecular weight is 257 g/mol. The van der Waals surface area contributed by atoms with E-state index in [1.165, 1.54) is 14.2 Å². The fourth-order valence-electron chi connectivity index (χ4n) is 1.12. The Morgan fingerprint density at radius 3 is 1.83 bits per heavy atom. The van der Waals surface area contributed by atoms with E-state index in [1.54, 1.807) is 38.0 Å². The number of ether oxygens (including phenoxy) is 2. The van der Waals surface area contributed by atoms with Crippen molar-refractivity contribution in [3.8, 4) is 0 Å². The highest BCUT2D eigenvalue weighted by molar-refractivity contribution is 5.98. The van der Waals surface area contributed by atoms with Crippen molar-refractivity contribution in [2.24, 2.45) is 4.99 Å². The van der Waals surface area contributed by atoms with Crippen LogP contribution in [0.1, 0.15) is 0 Å². The van der Waals surface area contributed by atoms with Crippen LogP contribution in [0.2, 0.25) is 0 Å². The Labute approximate surface area is 107 Å². The molecule has 0 saturated heterocycles. The van der Waals surface area contributed by atoms with Crippen molar-refractivity contribution in [2.45, 2.75) is 0 Å². The molecule has 0 spiro atoms. The normalized spacial score (nSPS) is 10.4. The molecule has 7 nitrogen and oxygen atoms in total. The molecule has 0 atom stereocenters. The smallest absolute Gasteiger partial charge is 0.357 e. The van der Waals surface area contributed by atoms with Gasteiger partial charge in [0.15, 0.2) is 5.70 Å². The summed E-state index contributed by atoms with van der Waals surface area (Å²) in [6, 6.07) is 0. The van der Waals surface area contributed by atoms with Gasteiger partial charge in [-0.05, 0) is 0 Å². The summed E-state index contributed by atoms with van der Waals surface area (Å²) in [5.41, 5.74) is -0.123. The molecule has 0 N–H and O–H groups in total. The molecule has 0 saturated carbocycles. The highest BCUT2D eigenvalue weighted by Crippen LogP contribution is 2.04. The van der Waals surface area contributed by atoms with E-state index >= 15 is 0 Å². The number of esters is 2. The van der Waals surface area contributed by atoms with Crippen LogP contribution in [0, 0.1) is 0 Å². The standard InChI is InChI=1S/C11H19N3O4/c1-13(2)11(14(3)4)12-8(10(16)18-6)7-9(15)17-5/h7H,1-6H3/b8-7+. The summed E-state index contributed by atoms with van der Waals surface area (Å²) in [5.74, 6) is -0.881. The van der Waals surface area contributed by atoms with Crippen LogP contribution < -0.4 is 0 Å². The van der Waals surface area contributed by atoms with Gasteiger partial charge in [-0.25, -0.2) is 14.6 Å². The number of carbonyl (C=O) groups is 2. The summed E-state index contributed by atoms with van der Waals surface area (Å²) in [5, 5.41) is 0. The monoisotopic (exact) mass is 257 g/mol. The fraction of sp³-hybridized carbons (Fsp3) is 0.545. The van der Waals surface area contributed by atoms with Crippen molar-refractivity contribution >= 4 is 17.9 Å². The topological polar surface area (TPSA) is 71.4 Å². The lowest BCUT2D eigenvalue weighted by atomic mass is 10.4. The molecular weight excluding hydrogens is 238 g/mol. The third-order valence-electron chi connectivity index (χ3n) is 1.87. The first kappa shape index (κ1) is 16.0. The Morgan fingerprint density at radius 2 is 1.50 bits per heavy atom. The molecule has 102 valence electrons. The van der Waals surface area contributed by atoms with Crippen LogP contribution in [0.4, 0.5) is 0 Å². The van der Waals surface area contributed by atoms with Crippen LogP contribution in [0.15, 0.2) is 16.8 Å². The third-order valence-corrected chi connectivity index (χ3v) is 1.87. The van der Waals surface area contributed by atoms with Gasteiger partial charge >= 0.3 is 11.9 Å². The number of guanidine groups is 1. The highest BCUT2D eigenvalue weighted by Gasteiger charge is 2.15. The lowest BCUT2D eigenvalue weighted by Gasteiger charge is -2.22. The van der Waals surface area contributed by atoms with Gasteiger partial charge in [0, 0.05) is 28.2 Å². The van der Waals surface area contributed by atoms with E-state index in [0.717, 1.165) is 6.08 Å². The Hall–Kier alpha value is -2.05. The molecule has 0 radical (unpaired) electrons. The summed E-state index contributed by atoms with van der Waals surface area (Å²) in [4.78, 5) is 30.2. The minimum absolute atomic E-state index is 0.123. The zero-order valence-electron chi connectivity index (χ0n) is 11.6. The zero-order valence-corrected chi connectivity index (χ0v) is 11.6. The van der Waals surface area contributed by atoms with Crippen molar-refractivity contribution < 1.29 is 19.1 Å². The quantitative estimate of drug-likeness (QED) is 0.299. The molecule has 0 amide bonds. The number of hydrogen-bond acceptors (Lipinski definition) is 5. The van der Waals surface area contributed by atoms with Gasteiger partial charge in [-0.15, -0.1) is 0 Å². The maximum absolute atomic E-state index is 11.5. The minimum atomic E-state index is -0.707. The summed E-state index contributed by atoms with van der Waals surface area (Å²) < 4.78 is 9.02. The Balaban J connectivity index is 5.46. The van der Waals surface area contributed by atoms with Crippen molar-refractivity contribution in [1.29, 1.82) is 0 Å². The fourth-order valence-corrected chi connectivity index (χ4v) is 1.12. The van der Waals surface area contributed by atoms with Gasteiger partial charge in [0.1, 0.15) is 0 Å². The molecule has 0 rings (SSSR count). The highest BCUT2D eigenvalue weighted by atomic mass is 16.5. The van der Waals surface area contributed by atoms with Crippen molar-refractivity contribution in [2.75, 3.05) is 42.4 Å². The van der Waals surface area contributed by atoms with Gasteiger partial charge < -0.3 is 19.3 Å². The average Bonchev–Trinajstić information content (AvgIpc) is 2.31. The third kappa shape index (κ3) is 4.86. The van der Waals surface area contributed by atoms with Crippen molar-refractivity contribution in [1.82, 2.24) is 9.80 Å². The summed E-state index contributed by atoms with van der Waals surface area (Å²) >= 11 is 0. The number of methoxy groups -OCH3 is 2. The van der Waals surface area contributed by atoms with Gasteiger partial charge in [-0.2, -0.15) is 0 Å². The number of aliphatic imine (C=N–C) groups is 1. The number of carbonyl (C=O) groups excluding carboxylic acids is 2. The molecule has 18 heavy (non-hydrogen) atoms. The molecule has 0 aliphatic rings. The van der Waals surface area contributed by atoms with Gasteiger partial charge in [0.2, 0.25) is 5.96 Å². The van der Waals surface area contributed by atoms with Gasteiger partial charge in [-0.1, -0.05) is 0 Å². The second-order valence-electron chi connectivity index (χ2n) is 3.74. The van der Waals surface area contributed by atoms with E-state index in [9.17, 15) is 9.59 Å². The first-order valence-electron chi connectivity index (χ1n) is 5.14. The molecule has 0 aliphatic heterocycles. The molecule has 0 aliphatic carbocycles. The number of nitrogens with zero attached hydrogens (tertiary/aromatic N) is 3. The van der Waals surface area contributed by atoms with Crippen LogP contribution >= 0.6 is 0 Å². The van der Waals surface area contributed by atoms with E-state index in [4.69, 9.17) is 0 Å². The maximum atomic E-state index is 11.5. The summed E-state index contributed by atoms with van der Waals surface area (Å²) in [6.07, 6.45) is 0.985. The van der Waals surface area contributed by atoms with E-state index in [0.29, 0.717) is 5.96 Å². The SMILES string of the molecule is COC(=O)/C=C(/N=C(N(C)C)N(C)C)C(=O)OC. The van der Waals surface area contributed by atoms with E-state index < -0.39 is 11.9 Å². The van der Waals surface area contributed by atoms with E-state index in [2.05, 4.69) is 14.5 Å². The van der Waals surface area contributed by atoms with Crippen molar-refractivity contribution in [3.05, 3.63) is 11.8 Å². The van der Waals surface area contributed by atoms with Crippen LogP contribution in [-0.4, -0.2) is 70.1 Å². The Kier molecular flexibility index (Phi) is 6.48. The van der Waals surface area contributed by atoms with Crippen LogP contribution in [0.25, 0.3) is 0 Å². The molecule has 0 unspecified atom stereocenters. The van der Waals surface area contributed by atoms with Crippen molar-refractivity contribution in [3.63, 3.8) is 0 Å². The molecule has 0 aromatic heterocycles. The van der Waals surface area contributed by atoms with E-state index in [1.807, 2.05) is 0 Å². The molecular formula is C11H19N3O4. The molecule has 0 aromatic carbocycles. The molecule has 0 bridgehead atoms. The van der Waals surface area contributed by atoms with Crippen LogP contribution in [-0.2, 0) is 19.1 Å². The number of rotatable bonds is 3. The lowest BCUT2D eigenvalue weighted by Crippen LogP contribution is -2.35. The summed E-state index contributed by atoms with van der Waals surface area (Å²) in [6.45, 7) is 0. The van der Waals surface area contributed by atoms with Crippen LogP contribution in [0.3, 0.4) is 0 Å². The molecule has 0 fully saturated rings. The van der Waals surface area contributed by atoms with Gasteiger partial charge in [0.05, 0.1) is 20.3 Å². The molecule has 0 aromatic rings. The second kappa shape index (κ2) is 7.31. The predicted molar refractivity (Wildman–Crippen MR) is 66.9 cm³/mol. The summed E-state index contributed by atoms with van der Waals surface area (Å²) in [7, 11) is 9.51. The van der Waals surface area contributed by atoms with Gasteiger partial charge in [-0.3, -0.25) is 0 Å². The lowest BCUT2D eigenvalue weighted by molar-refractivity contribution is -0.138.